The van der Waals surface area contributed by atoms with Gasteiger partial charge in [-0.15, -0.1) is 0 Å². The molecule has 0 bridgehead atoms. The zero-order chi connectivity index (χ0) is 20.8. The maximum Gasteiger partial charge on any atom is 0.257 e. The minimum Gasteiger partial charge on any atom is -0.329 e. The van der Waals surface area contributed by atoms with Crippen LogP contribution in [-0.4, -0.2) is 34.4 Å². The summed E-state index contributed by atoms with van der Waals surface area (Å²) in [5, 5.41) is 5.47. The Kier molecular flexibility index (Phi) is 4.58. The zero-order valence-corrected chi connectivity index (χ0v) is 17.1. The fourth-order valence-electron chi connectivity index (χ4n) is 3.46. The fourth-order valence-corrected chi connectivity index (χ4v) is 4.09. The Balaban J connectivity index is 2.02. The number of aromatic nitrogens is 4. The van der Waals surface area contributed by atoms with Gasteiger partial charge in [0.05, 0.1) is 16.2 Å². The Morgan fingerprint density at radius 3 is 2.45 bits per heavy atom. The van der Waals surface area contributed by atoms with E-state index in [1.165, 1.54) is 6.26 Å². The smallest absolute Gasteiger partial charge is 0.257 e. The van der Waals surface area contributed by atoms with Gasteiger partial charge in [0.2, 0.25) is 0 Å². The van der Waals surface area contributed by atoms with Crippen molar-refractivity contribution >= 4 is 20.9 Å². The van der Waals surface area contributed by atoms with Crippen molar-refractivity contribution in [1.29, 1.82) is 0 Å². The first kappa shape index (κ1) is 19.1. The van der Waals surface area contributed by atoms with Gasteiger partial charge in [0.1, 0.15) is 0 Å². The number of hydrogen-bond donors (Lipinski definition) is 1. The number of fused-ring (bicyclic) bond motifs is 1. The Labute approximate surface area is 168 Å². The number of aryl methyl sites for hydroxylation is 2. The quantitative estimate of drug-likeness (QED) is 0.559. The second-order valence-corrected chi connectivity index (χ2v) is 8.88. The summed E-state index contributed by atoms with van der Waals surface area (Å²) < 4.78 is 25.5. The third-order valence-electron chi connectivity index (χ3n) is 4.95. The summed E-state index contributed by atoms with van der Waals surface area (Å²) in [5.41, 5.74) is 3.93. The Morgan fingerprint density at radius 2 is 1.83 bits per heavy atom. The Hall–Kier alpha value is -3.26. The van der Waals surface area contributed by atoms with Crippen LogP contribution in [0.15, 0.2) is 58.4 Å². The lowest BCUT2D eigenvalue weighted by molar-refractivity contribution is 0.602. The lowest BCUT2D eigenvalue weighted by atomic mass is 10.00. The number of benzene rings is 1. The van der Waals surface area contributed by atoms with Gasteiger partial charge in [0, 0.05) is 30.1 Å². The zero-order valence-electron chi connectivity index (χ0n) is 16.3. The second-order valence-electron chi connectivity index (χ2n) is 6.86. The van der Waals surface area contributed by atoms with Crippen LogP contribution >= 0.6 is 0 Å². The molecule has 148 valence electrons. The van der Waals surface area contributed by atoms with E-state index in [1.54, 1.807) is 42.6 Å². The summed E-state index contributed by atoms with van der Waals surface area (Å²) >= 11 is 0. The van der Waals surface area contributed by atoms with Gasteiger partial charge in [-0.2, -0.15) is 5.10 Å². The van der Waals surface area contributed by atoms with Gasteiger partial charge in [-0.3, -0.25) is 9.48 Å². The first-order chi connectivity index (χ1) is 13.8. The summed E-state index contributed by atoms with van der Waals surface area (Å²) in [6.45, 7) is 4.67. The average Bonchev–Trinajstić information content (AvgIpc) is 3.03. The van der Waals surface area contributed by atoms with Crippen molar-refractivity contribution in [2.75, 3.05) is 6.26 Å². The molecule has 4 rings (SSSR count). The first-order valence-corrected chi connectivity index (χ1v) is 11.1. The molecule has 0 radical (unpaired) electrons. The standard InChI is InChI=1S/C21H20N4O3S/c1-4-25-13(2)19-17(14-7-9-15(10-8-14)29(3,27)28)12-18(23-20(19)24-25)16-6-5-11-22-21(16)26/h5-12H,4H2,1-3H3,(H,22,26). The molecule has 1 aromatic carbocycles. The van der Waals surface area contributed by atoms with Crippen molar-refractivity contribution in [2.24, 2.45) is 0 Å². The number of nitrogens with zero attached hydrogens (tertiary/aromatic N) is 3. The largest absolute Gasteiger partial charge is 0.329 e. The second kappa shape index (κ2) is 6.97. The van der Waals surface area contributed by atoms with Crippen LogP contribution in [0.1, 0.15) is 12.6 Å². The molecule has 0 atom stereocenters. The first-order valence-electron chi connectivity index (χ1n) is 9.16. The van der Waals surface area contributed by atoms with Gasteiger partial charge in [0.15, 0.2) is 15.5 Å². The summed E-state index contributed by atoms with van der Waals surface area (Å²) in [4.78, 5) is 19.9. The molecule has 0 aliphatic carbocycles. The van der Waals surface area contributed by atoms with Crippen LogP contribution in [0, 0.1) is 6.92 Å². The molecule has 0 saturated heterocycles. The number of sulfone groups is 1. The number of nitrogens with one attached hydrogen (secondary N) is 1. The van der Waals surface area contributed by atoms with E-state index in [2.05, 4.69) is 15.1 Å². The molecule has 29 heavy (non-hydrogen) atoms. The van der Waals surface area contributed by atoms with Gasteiger partial charge in [-0.1, -0.05) is 12.1 Å². The SMILES string of the molecule is CCn1nc2nc(-c3ccc[nH]c3=O)cc(-c3ccc(S(C)(=O)=O)cc3)c2c1C. The normalized spacial score (nSPS) is 11.8. The minimum atomic E-state index is -3.28. The number of H-pyrrole nitrogens is 1. The number of pyridine rings is 2. The summed E-state index contributed by atoms with van der Waals surface area (Å²) in [6, 6.07) is 12.0. The Bertz CT molecular complexity index is 1380. The maximum atomic E-state index is 12.3. The molecule has 7 nitrogen and oxygen atoms in total. The van der Waals surface area contributed by atoms with E-state index in [4.69, 9.17) is 0 Å². The van der Waals surface area contributed by atoms with Crippen LogP contribution in [0.3, 0.4) is 0 Å². The monoisotopic (exact) mass is 408 g/mol. The van der Waals surface area contributed by atoms with Gasteiger partial charge in [0.25, 0.3) is 5.56 Å². The number of hydrogen-bond acceptors (Lipinski definition) is 5. The molecule has 0 fully saturated rings. The molecule has 3 heterocycles. The van der Waals surface area contributed by atoms with E-state index < -0.39 is 9.84 Å². The van der Waals surface area contributed by atoms with E-state index >= 15 is 0 Å². The van der Waals surface area contributed by atoms with Crippen LogP contribution in [0.4, 0.5) is 0 Å². The maximum absolute atomic E-state index is 12.3. The number of rotatable bonds is 4. The molecule has 0 saturated carbocycles. The van der Waals surface area contributed by atoms with Crippen LogP contribution < -0.4 is 5.56 Å². The highest BCUT2D eigenvalue weighted by molar-refractivity contribution is 7.90. The van der Waals surface area contributed by atoms with Crippen molar-refractivity contribution in [3.05, 3.63) is 64.7 Å². The molecule has 0 unspecified atom stereocenters. The van der Waals surface area contributed by atoms with Crippen molar-refractivity contribution in [3.8, 4) is 22.4 Å². The lowest BCUT2D eigenvalue weighted by Crippen LogP contribution is -2.08. The molecule has 8 heteroatoms. The third-order valence-corrected chi connectivity index (χ3v) is 6.08. The highest BCUT2D eigenvalue weighted by atomic mass is 32.2. The number of aromatic amines is 1. The highest BCUT2D eigenvalue weighted by Crippen LogP contribution is 2.33. The Morgan fingerprint density at radius 1 is 1.10 bits per heavy atom. The van der Waals surface area contributed by atoms with E-state index in [0.717, 1.165) is 22.2 Å². The van der Waals surface area contributed by atoms with Crippen molar-refractivity contribution in [2.45, 2.75) is 25.3 Å². The third kappa shape index (κ3) is 3.36. The molecule has 1 N–H and O–H groups in total. The lowest BCUT2D eigenvalue weighted by Gasteiger charge is -2.09. The van der Waals surface area contributed by atoms with Crippen LogP contribution in [-0.2, 0) is 16.4 Å². The van der Waals surface area contributed by atoms with Gasteiger partial charge in [-0.25, -0.2) is 13.4 Å². The van der Waals surface area contributed by atoms with Crippen molar-refractivity contribution in [3.63, 3.8) is 0 Å². The molecule has 4 aromatic rings. The van der Waals surface area contributed by atoms with Crippen LogP contribution in [0.2, 0.25) is 0 Å². The van der Waals surface area contributed by atoms with E-state index in [9.17, 15) is 13.2 Å². The predicted octanol–water partition coefficient (Wildman–Crippen LogP) is 3.19. The minimum absolute atomic E-state index is 0.232. The van der Waals surface area contributed by atoms with E-state index in [-0.39, 0.29) is 10.5 Å². The van der Waals surface area contributed by atoms with Gasteiger partial charge < -0.3 is 4.98 Å². The predicted molar refractivity (Wildman–Crippen MR) is 113 cm³/mol. The molecular formula is C21H20N4O3S. The van der Waals surface area contributed by atoms with Crippen molar-refractivity contribution < 1.29 is 8.42 Å². The molecule has 0 aliphatic rings. The highest BCUT2D eigenvalue weighted by Gasteiger charge is 2.18. The van der Waals surface area contributed by atoms with E-state index in [1.807, 2.05) is 24.6 Å². The topological polar surface area (TPSA) is 97.7 Å². The van der Waals surface area contributed by atoms with E-state index in [0.29, 0.717) is 23.4 Å². The van der Waals surface area contributed by atoms with Crippen molar-refractivity contribution in [1.82, 2.24) is 19.7 Å². The molecule has 0 aliphatic heterocycles. The molecule has 0 amide bonds. The van der Waals surface area contributed by atoms with Gasteiger partial charge >= 0.3 is 0 Å². The summed E-state index contributed by atoms with van der Waals surface area (Å²) in [7, 11) is -3.28. The molecule has 0 spiro atoms. The molecular weight excluding hydrogens is 388 g/mol. The van der Waals surface area contributed by atoms with Gasteiger partial charge in [-0.05, 0) is 55.3 Å². The van der Waals surface area contributed by atoms with Crippen LogP contribution in [0.25, 0.3) is 33.4 Å². The average molecular weight is 408 g/mol. The summed E-state index contributed by atoms with van der Waals surface area (Å²) in [6.07, 6.45) is 2.76. The molecule has 3 aromatic heterocycles. The summed E-state index contributed by atoms with van der Waals surface area (Å²) in [5.74, 6) is 0. The van der Waals surface area contributed by atoms with Crippen LogP contribution in [0.5, 0.6) is 0 Å². The fraction of sp³-hybridized carbons (Fsp3) is 0.190.